The van der Waals surface area contributed by atoms with E-state index in [-0.39, 0.29) is 12.1 Å². The van der Waals surface area contributed by atoms with Gasteiger partial charge in [0.05, 0.1) is 22.5 Å². The van der Waals surface area contributed by atoms with Crippen molar-refractivity contribution in [1.82, 2.24) is 15.1 Å². The summed E-state index contributed by atoms with van der Waals surface area (Å²) in [5.41, 5.74) is 2.27. The summed E-state index contributed by atoms with van der Waals surface area (Å²) in [6, 6.07) is 0. The molecule has 1 aromatic heterocycles. The maximum Gasteiger partial charge on any atom is 0.0767 e. The Labute approximate surface area is 111 Å². The Balaban J connectivity index is 2.11. The van der Waals surface area contributed by atoms with E-state index < -0.39 is 0 Å². The largest absolute Gasteiger partial charge is 0.394 e. The van der Waals surface area contributed by atoms with Gasteiger partial charge in [-0.05, 0) is 42.1 Å². The minimum absolute atomic E-state index is 0.0192. The topological polar surface area (TPSA) is 50.1 Å². The summed E-state index contributed by atoms with van der Waals surface area (Å²) in [5, 5.41) is 17.3. The Morgan fingerprint density at radius 1 is 1.47 bits per heavy atom. The predicted octanol–water partition coefficient (Wildman–Crippen LogP) is 1.84. The number of nitrogens with zero attached hydrogens (tertiary/aromatic N) is 2. The second-order valence-corrected chi connectivity index (χ2v) is 5.46. The highest BCUT2D eigenvalue weighted by molar-refractivity contribution is 9.10. The Kier molecular flexibility index (Phi) is 3.90. The van der Waals surface area contributed by atoms with Crippen LogP contribution in [-0.4, -0.2) is 27.0 Å². The van der Waals surface area contributed by atoms with Crippen molar-refractivity contribution in [2.45, 2.75) is 51.7 Å². The van der Waals surface area contributed by atoms with E-state index in [4.69, 9.17) is 0 Å². The lowest BCUT2D eigenvalue weighted by molar-refractivity contribution is 0.228. The molecular formula is C12H20BrN3O. The van der Waals surface area contributed by atoms with Gasteiger partial charge in [0.15, 0.2) is 0 Å². The molecule has 2 rings (SSSR count). The van der Waals surface area contributed by atoms with Crippen molar-refractivity contribution >= 4 is 15.9 Å². The van der Waals surface area contributed by atoms with Crippen molar-refractivity contribution in [3.05, 3.63) is 15.9 Å². The molecule has 0 bridgehead atoms. The van der Waals surface area contributed by atoms with Crippen molar-refractivity contribution in [3.8, 4) is 0 Å². The van der Waals surface area contributed by atoms with E-state index in [1.165, 1.54) is 5.69 Å². The Hall–Kier alpha value is -0.390. The van der Waals surface area contributed by atoms with Crippen LogP contribution in [0.4, 0.5) is 0 Å². The van der Waals surface area contributed by atoms with Gasteiger partial charge in [-0.15, -0.1) is 0 Å². The van der Waals surface area contributed by atoms with E-state index in [2.05, 4.69) is 40.2 Å². The maximum atomic E-state index is 9.29. The van der Waals surface area contributed by atoms with Crippen molar-refractivity contribution in [1.29, 1.82) is 0 Å². The summed E-state index contributed by atoms with van der Waals surface area (Å²) in [5.74, 6) is 0. The lowest BCUT2D eigenvalue weighted by Crippen LogP contribution is -2.34. The molecule has 1 aliphatic carbocycles. The van der Waals surface area contributed by atoms with Gasteiger partial charge in [-0.1, -0.05) is 6.92 Å². The quantitative estimate of drug-likeness (QED) is 0.843. The third-order valence-electron chi connectivity index (χ3n) is 3.48. The average molecular weight is 302 g/mol. The third kappa shape index (κ3) is 2.56. The fourth-order valence-corrected chi connectivity index (χ4v) is 2.70. The summed E-state index contributed by atoms with van der Waals surface area (Å²) in [4.78, 5) is 0. The highest BCUT2D eigenvalue weighted by Crippen LogP contribution is 2.35. The van der Waals surface area contributed by atoms with Gasteiger partial charge in [0, 0.05) is 18.6 Å². The summed E-state index contributed by atoms with van der Waals surface area (Å²) >= 11 is 3.63. The number of rotatable bonds is 6. The van der Waals surface area contributed by atoms with E-state index >= 15 is 0 Å². The average Bonchev–Trinajstić information content (AvgIpc) is 3.07. The van der Waals surface area contributed by atoms with Crippen molar-refractivity contribution in [2.24, 2.45) is 0 Å². The Morgan fingerprint density at radius 2 is 2.18 bits per heavy atom. The molecule has 1 heterocycles. The minimum atomic E-state index is -0.0192. The van der Waals surface area contributed by atoms with Crippen LogP contribution in [0.15, 0.2) is 4.47 Å². The van der Waals surface area contributed by atoms with Crippen LogP contribution in [0.1, 0.15) is 38.1 Å². The van der Waals surface area contributed by atoms with E-state index in [0.29, 0.717) is 0 Å². The van der Waals surface area contributed by atoms with E-state index in [0.717, 1.165) is 42.5 Å². The molecule has 0 amide bonds. The second kappa shape index (κ2) is 5.08. The molecule has 0 aromatic carbocycles. The van der Waals surface area contributed by atoms with Gasteiger partial charge in [0.2, 0.25) is 0 Å². The molecule has 1 fully saturated rings. The summed E-state index contributed by atoms with van der Waals surface area (Å²) in [7, 11) is 0. The molecule has 1 saturated carbocycles. The zero-order chi connectivity index (χ0) is 12.5. The molecule has 2 N–H and O–H groups in total. The first kappa shape index (κ1) is 13.1. The number of aromatic nitrogens is 2. The van der Waals surface area contributed by atoms with Crippen LogP contribution < -0.4 is 5.32 Å². The monoisotopic (exact) mass is 301 g/mol. The highest BCUT2D eigenvalue weighted by Gasteiger charge is 2.41. The minimum Gasteiger partial charge on any atom is -0.394 e. The summed E-state index contributed by atoms with van der Waals surface area (Å²) in [6.45, 7) is 6.08. The molecule has 0 unspecified atom stereocenters. The standard InChI is InChI=1S/C12H20BrN3O/c1-3-9-11(13)10(16(4-2)15-9)7-14-12(8-17)5-6-12/h14,17H,3-8H2,1-2H3. The Morgan fingerprint density at radius 3 is 2.65 bits per heavy atom. The lowest BCUT2D eigenvalue weighted by atomic mass is 10.2. The van der Waals surface area contributed by atoms with Gasteiger partial charge in [-0.2, -0.15) is 5.10 Å². The normalized spacial score (nSPS) is 17.4. The van der Waals surface area contributed by atoms with Crippen molar-refractivity contribution in [2.75, 3.05) is 6.61 Å². The van der Waals surface area contributed by atoms with Crippen LogP contribution in [0, 0.1) is 0 Å². The number of hydrogen-bond donors (Lipinski definition) is 2. The molecule has 4 nitrogen and oxygen atoms in total. The smallest absolute Gasteiger partial charge is 0.0767 e. The molecule has 0 atom stereocenters. The SMILES string of the molecule is CCc1nn(CC)c(CNC2(CO)CC2)c1Br. The van der Waals surface area contributed by atoms with E-state index in [1.807, 2.05) is 4.68 Å². The highest BCUT2D eigenvalue weighted by atomic mass is 79.9. The zero-order valence-electron chi connectivity index (χ0n) is 10.5. The van der Waals surface area contributed by atoms with Gasteiger partial charge < -0.3 is 10.4 Å². The molecular weight excluding hydrogens is 282 g/mol. The van der Waals surface area contributed by atoms with Crippen molar-refractivity contribution in [3.63, 3.8) is 0 Å². The number of aryl methyl sites for hydroxylation is 2. The third-order valence-corrected chi connectivity index (χ3v) is 4.40. The first-order valence-corrected chi connectivity index (χ1v) is 7.05. The number of hydrogen-bond acceptors (Lipinski definition) is 3. The van der Waals surface area contributed by atoms with Crippen LogP contribution in [0.25, 0.3) is 0 Å². The van der Waals surface area contributed by atoms with Gasteiger partial charge in [-0.3, -0.25) is 4.68 Å². The molecule has 0 aliphatic heterocycles. The molecule has 96 valence electrons. The van der Waals surface area contributed by atoms with Crippen LogP contribution in [0.5, 0.6) is 0 Å². The van der Waals surface area contributed by atoms with Gasteiger partial charge in [0.1, 0.15) is 0 Å². The first-order valence-electron chi connectivity index (χ1n) is 6.25. The fourth-order valence-electron chi connectivity index (χ4n) is 2.00. The van der Waals surface area contributed by atoms with Crippen molar-refractivity contribution < 1.29 is 5.11 Å². The van der Waals surface area contributed by atoms with E-state index in [1.54, 1.807) is 0 Å². The van der Waals surface area contributed by atoms with Crippen LogP contribution in [0.3, 0.4) is 0 Å². The Bertz CT molecular complexity index is 399. The maximum absolute atomic E-state index is 9.29. The van der Waals surface area contributed by atoms with Crippen LogP contribution in [-0.2, 0) is 19.5 Å². The predicted molar refractivity (Wildman–Crippen MR) is 70.9 cm³/mol. The zero-order valence-corrected chi connectivity index (χ0v) is 12.0. The summed E-state index contributed by atoms with van der Waals surface area (Å²) < 4.78 is 3.15. The number of aliphatic hydroxyl groups is 1. The van der Waals surface area contributed by atoms with Crippen LogP contribution >= 0.6 is 15.9 Å². The van der Waals surface area contributed by atoms with Gasteiger partial charge >= 0.3 is 0 Å². The molecule has 17 heavy (non-hydrogen) atoms. The molecule has 0 saturated heterocycles. The molecule has 1 aromatic rings. The van der Waals surface area contributed by atoms with Crippen LogP contribution in [0.2, 0.25) is 0 Å². The molecule has 5 heteroatoms. The molecule has 0 spiro atoms. The number of halogens is 1. The lowest BCUT2D eigenvalue weighted by Gasteiger charge is -2.15. The molecule has 0 radical (unpaired) electrons. The summed E-state index contributed by atoms with van der Waals surface area (Å²) in [6.07, 6.45) is 3.08. The number of aliphatic hydroxyl groups excluding tert-OH is 1. The molecule has 1 aliphatic rings. The fraction of sp³-hybridized carbons (Fsp3) is 0.750. The van der Waals surface area contributed by atoms with E-state index in [9.17, 15) is 5.11 Å². The number of nitrogens with one attached hydrogen (secondary N) is 1. The van der Waals surface area contributed by atoms with Gasteiger partial charge in [-0.25, -0.2) is 0 Å². The van der Waals surface area contributed by atoms with Gasteiger partial charge in [0.25, 0.3) is 0 Å². The second-order valence-electron chi connectivity index (χ2n) is 4.67. The first-order chi connectivity index (χ1) is 8.15.